The van der Waals surface area contributed by atoms with Crippen LogP contribution in [0.4, 0.5) is 0 Å². The van der Waals surface area contributed by atoms with Gasteiger partial charge in [-0.1, -0.05) is 19.8 Å². The molecule has 4 saturated carbocycles. The molecule has 0 aromatic carbocycles. The van der Waals surface area contributed by atoms with Gasteiger partial charge in [-0.2, -0.15) is 0 Å². The van der Waals surface area contributed by atoms with Crippen molar-refractivity contribution in [1.29, 1.82) is 5.41 Å². The van der Waals surface area contributed by atoms with E-state index < -0.39 is 0 Å². The molecule has 0 bridgehead atoms. The molecule has 0 spiro atoms. The van der Waals surface area contributed by atoms with Crippen LogP contribution in [-0.2, 0) is 4.79 Å². The van der Waals surface area contributed by atoms with Gasteiger partial charge in [-0.15, -0.1) is 12.4 Å². The van der Waals surface area contributed by atoms with Crippen LogP contribution in [0.3, 0.4) is 0 Å². The highest BCUT2D eigenvalue weighted by Crippen LogP contribution is 2.65. The molecule has 1 unspecified atom stereocenters. The van der Waals surface area contributed by atoms with Gasteiger partial charge >= 0.3 is 0 Å². The summed E-state index contributed by atoms with van der Waals surface area (Å²) in [5.74, 6) is 3.39. The second kappa shape index (κ2) is 5.61. The molecule has 0 heterocycles. The van der Waals surface area contributed by atoms with Crippen LogP contribution in [-0.4, -0.2) is 12.0 Å². The van der Waals surface area contributed by atoms with Gasteiger partial charge in [-0.05, 0) is 74.0 Å². The van der Waals surface area contributed by atoms with E-state index in [9.17, 15) is 4.79 Å². The predicted octanol–water partition coefficient (Wildman–Crippen LogP) is 5.04. The van der Waals surface area contributed by atoms with Gasteiger partial charge in [0.2, 0.25) is 0 Å². The second-order valence-electron chi connectivity index (χ2n) is 8.59. The number of fused-ring (bicyclic) bond motifs is 5. The summed E-state index contributed by atoms with van der Waals surface area (Å²) in [6.45, 7) is 2.57. The third kappa shape index (κ3) is 1.98. The van der Waals surface area contributed by atoms with Crippen molar-refractivity contribution in [3.8, 4) is 0 Å². The highest BCUT2D eigenvalue weighted by atomic mass is 35.5. The van der Waals surface area contributed by atoms with E-state index in [1.54, 1.807) is 6.21 Å². The lowest BCUT2D eigenvalue weighted by molar-refractivity contribution is -0.132. The zero-order chi connectivity index (χ0) is 14.7. The maximum atomic E-state index is 12.4. The van der Waals surface area contributed by atoms with Crippen molar-refractivity contribution in [2.75, 3.05) is 0 Å². The van der Waals surface area contributed by atoms with Gasteiger partial charge in [-0.25, -0.2) is 0 Å². The van der Waals surface area contributed by atoms with E-state index in [1.807, 2.05) is 0 Å². The van der Waals surface area contributed by atoms with Crippen LogP contribution >= 0.6 is 12.4 Å². The Balaban J connectivity index is 0.00000144. The molecule has 2 nitrogen and oxygen atoms in total. The fourth-order valence-corrected chi connectivity index (χ4v) is 7.06. The van der Waals surface area contributed by atoms with E-state index in [1.165, 1.54) is 44.9 Å². The first kappa shape index (κ1) is 16.5. The zero-order valence-electron chi connectivity index (χ0n) is 13.8. The molecule has 4 fully saturated rings. The van der Waals surface area contributed by atoms with Crippen LogP contribution in [0.1, 0.15) is 71.1 Å². The normalized spacial score (nSPS) is 50.3. The molecular formula is C19H30ClNO. The number of carbonyl (C=O) groups excluding carboxylic acids is 1. The Morgan fingerprint density at radius 2 is 1.86 bits per heavy atom. The number of carbonyl (C=O) groups is 1. The Morgan fingerprint density at radius 1 is 1.05 bits per heavy atom. The van der Waals surface area contributed by atoms with Gasteiger partial charge in [0.1, 0.15) is 5.78 Å². The lowest BCUT2D eigenvalue weighted by atomic mass is 9.45. The Morgan fingerprint density at radius 3 is 2.64 bits per heavy atom. The largest absolute Gasteiger partial charge is 0.312 e. The molecule has 4 aliphatic rings. The monoisotopic (exact) mass is 323 g/mol. The Kier molecular flexibility index (Phi) is 4.21. The van der Waals surface area contributed by atoms with Crippen molar-refractivity contribution >= 4 is 24.4 Å². The smallest absolute Gasteiger partial charge is 0.144 e. The first-order valence-corrected chi connectivity index (χ1v) is 9.17. The Hall–Kier alpha value is -0.370. The molecule has 22 heavy (non-hydrogen) atoms. The fraction of sp³-hybridized carbons (Fsp3) is 0.895. The molecule has 1 N–H and O–H groups in total. The van der Waals surface area contributed by atoms with Crippen molar-refractivity contribution < 1.29 is 4.79 Å². The van der Waals surface area contributed by atoms with E-state index in [0.717, 1.165) is 37.0 Å². The number of halogens is 1. The molecule has 6 atom stereocenters. The van der Waals surface area contributed by atoms with Crippen LogP contribution in [0.2, 0.25) is 0 Å². The third-order valence-electron chi connectivity index (χ3n) is 8.17. The van der Waals surface area contributed by atoms with Crippen LogP contribution in [0, 0.1) is 39.9 Å². The lowest BCUT2D eigenvalue weighted by Gasteiger charge is -2.59. The molecule has 124 valence electrons. The standard InChI is InChI=1S/C19H29NO.ClH/c1-18-10-3-2-4-13(18)5-6-14-15(18)9-11-19(12-20)16(14)7-8-17(19)21;/h12-16,20H,2-11H2,1H3;1H/t13?,14-,15+,16+,18+,19-;/m1./s1. The van der Waals surface area contributed by atoms with Gasteiger partial charge in [0.25, 0.3) is 0 Å². The number of hydrogen-bond acceptors (Lipinski definition) is 2. The highest BCUT2D eigenvalue weighted by Gasteiger charge is 2.60. The minimum absolute atomic E-state index is 0. The quantitative estimate of drug-likeness (QED) is 0.675. The second-order valence-corrected chi connectivity index (χ2v) is 8.59. The molecule has 0 aliphatic heterocycles. The summed E-state index contributed by atoms with van der Waals surface area (Å²) >= 11 is 0. The van der Waals surface area contributed by atoms with Crippen molar-refractivity contribution in [2.45, 2.75) is 71.1 Å². The van der Waals surface area contributed by atoms with Crippen molar-refractivity contribution in [3.63, 3.8) is 0 Å². The van der Waals surface area contributed by atoms with E-state index in [2.05, 4.69) is 6.92 Å². The van der Waals surface area contributed by atoms with Crippen LogP contribution < -0.4 is 0 Å². The number of ketones is 1. The maximum Gasteiger partial charge on any atom is 0.144 e. The molecule has 0 amide bonds. The topological polar surface area (TPSA) is 40.9 Å². The summed E-state index contributed by atoms with van der Waals surface area (Å²) in [5, 5.41) is 7.94. The number of nitrogens with one attached hydrogen (secondary N) is 1. The summed E-state index contributed by atoms with van der Waals surface area (Å²) in [6, 6.07) is 0. The van der Waals surface area contributed by atoms with Gasteiger partial charge in [0.15, 0.2) is 0 Å². The molecule has 4 rings (SSSR count). The maximum absolute atomic E-state index is 12.4. The summed E-state index contributed by atoms with van der Waals surface area (Å²) in [4.78, 5) is 12.4. The molecule has 0 radical (unpaired) electrons. The summed E-state index contributed by atoms with van der Waals surface area (Å²) < 4.78 is 0. The van der Waals surface area contributed by atoms with Gasteiger partial charge < -0.3 is 5.41 Å². The van der Waals surface area contributed by atoms with Gasteiger partial charge in [0.05, 0.1) is 5.41 Å². The van der Waals surface area contributed by atoms with Crippen molar-refractivity contribution in [3.05, 3.63) is 0 Å². The average molecular weight is 324 g/mol. The van der Waals surface area contributed by atoms with Gasteiger partial charge in [-0.3, -0.25) is 4.79 Å². The molecule has 0 saturated heterocycles. The average Bonchev–Trinajstić information content (AvgIpc) is 2.84. The molecule has 0 aromatic heterocycles. The van der Waals surface area contributed by atoms with Crippen LogP contribution in [0.25, 0.3) is 0 Å². The first-order chi connectivity index (χ1) is 10.1. The number of hydrogen-bond donors (Lipinski definition) is 1. The number of Topliss-reactive ketones (excluding diaryl/α,β-unsaturated/α-hetero) is 1. The summed E-state index contributed by atoms with van der Waals surface area (Å²) in [7, 11) is 0. The zero-order valence-corrected chi connectivity index (χ0v) is 14.6. The number of rotatable bonds is 1. The van der Waals surface area contributed by atoms with E-state index in [-0.39, 0.29) is 17.8 Å². The fourth-order valence-electron chi connectivity index (χ4n) is 7.06. The SMILES string of the molecule is C[C@]12CCCCC1CC[C@@H]1[C@@H]2CC[C@]2(C=N)C(=O)CC[C@@H]12.Cl. The van der Waals surface area contributed by atoms with E-state index in [4.69, 9.17) is 5.41 Å². The lowest BCUT2D eigenvalue weighted by Crippen LogP contribution is -2.53. The summed E-state index contributed by atoms with van der Waals surface area (Å²) in [6.07, 6.45) is 14.0. The molecule has 3 heteroatoms. The molecule has 4 aliphatic carbocycles. The first-order valence-electron chi connectivity index (χ1n) is 9.17. The van der Waals surface area contributed by atoms with Crippen LogP contribution in [0.15, 0.2) is 0 Å². The van der Waals surface area contributed by atoms with Crippen molar-refractivity contribution in [1.82, 2.24) is 0 Å². The van der Waals surface area contributed by atoms with Crippen molar-refractivity contribution in [2.24, 2.45) is 34.5 Å². The highest BCUT2D eigenvalue weighted by molar-refractivity contribution is 6.01. The Labute approximate surface area is 140 Å². The predicted molar refractivity (Wildman–Crippen MR) is 91.7 cm³/mol. The van der Waals surface area contributed by atoms with E-state index >= 15 is 0 Å². The molecule has 0 aromatic rings. The van der Waals surface area contributed by atoms with E-state index in [0.29, 0.717) is 17.1 Å². The Bertz CT molecular complexity index is 478. The van der Waals surface area contributed by atoms with Gasteiger partial charge in [0, 0.05) is 12.6 Å². The van der Waals surface area contributed by atoms with Crippen LogP contribution in [0.5, 0.6) is 0 Å². The molecular weight excluding hydrogens is 294 g/mol. The minimum atomic E-state index is -0.348. The third-order valence-corrected chi connectivity index (χ3v) is 8.17. The summed E-state index contributed by atoms with van der Waals surface area (Å²) in [5.41, 5.74) is 0.194. The minimum Gasteiger partial charge on any atom is -0.312 e.